The second-order valence-electron chi connectivity index (χ2n) is 3.67. The molecule has 1 N–H and O–H groups in total. The Balaban J connectivity index is 3.94. The highest BCUT2D eigenvalue weighted by Gasteiger charge is 2.12. The summed E-state index contributed by atoms with van der Waals surface area (Å²) in [6.07, 6.45) is 1.05. The Morgan fingerprint density at radius 2 is 2.12 bits per heavy atom. The monoisotopic (exact) mass is 227 g/mol. The third-order valence-electron chi connectivity index (χ3n) is 2.42. The van der Waals surface area contributed by atoms with Crippen LogP contribution in [-0.2, 0) is 4.79 Å². The molecule has 92 valence electrons. The molecule has 0 aliphatic heterocycles. The molecule has 0 unspecified atom stereocenters. The maximum Gasteiger partial charge on any atom is 0.236 e. The summed E-state index contributed by atoms with van der Waals surface area (Å²) >= 11 is 0. The first-order chi connectivity index (χ1) is 7.65. The minimum Gasteiger partial charge on any atom is -0.396 e. The van der Waals surface area contributed by atoms with E-state index in [4.69, 9.17) is 10.4 Å². The number of carbonyl (C=O) groups is 1. The summed E-state index contributed by atoms with van der Waals surface area (Å²) in [4.78, 5) is 15.3. The van der Waals surface area contributed by atoms with Gasteiger partial charge < -0.3 is 10.0 Å². The van der Waals surface area contributed by atoms with E-state index in [1.54, 1.807) is 11.9 Å². The molecule has 0 aromatic heterocycles. The van der Waals surface area contributed by atoms with Crippen molar-refractivity contribution in [2.75, 3.05) is 39.8 Å². The molecule has 5 heteroatoms. The minimum atomic E-state index is 0.0232. The Labute approximate surface area is 97.3 Å². The summed E-state index contributed by atoms with van der Waals surface area (Å²) in [5.41, 5.74) is 0. The zero-order valence-electron chi connectivity index (χ0n) is 10.1. The van der Waals surface area contributed by atoms with Crippen LogP contribution >= 0.6 is 0 Å². The van der Waals surface area contributed by atoms with Crippen LogP contribution in [-0.4, -0.2) is 60.6 Å². The van der Waals surface area contributed by atoms with Gasteiger partial charge in [0.15, 0.2) is 0 Å². The zero-order valence-corrected chi connectivity index (χ0v) is 10.1. The van der Waals surface area contributed by atoms with E-state index in [0.717, 1.165) is 13.1 Å². The molecule has 0 spiro atoms. The average molecular weight is 227 g/mol. The summed E-state index contributed by atoms with van der Waals surface area (Å²) in [7, 11) is 1.71. The molecule has 0 aliphatic carbocycles. The van der Waals surface area contributed by atoms with Crippen molar-refractivity contribution in [3.63, 3.8) is 0 Å². The van der Waals surface area contributed by atoms with Gasteiger partial charge in [0, 0.05) is 26.7 Å². The molecule has 0 fully saturated rings. The highest BCUT2D eigenvalue weighted by molar-refractivity contribution is 5.77. The van der Waals surface area contributed by atoms with Gasteiger partial charge in [-0.1, -0.05) is 6.92 Å². The standard InChI is InChI=1S/C11H21N3O2/c1-3-14(8-5-9-15)10-11(16)13(2)7-4-6-12/h15H,3-5,7-10H2,1-2H3. The molecular formula is C11H21N3O2. The molecule has 0 bridgehead atoms. The lowest BCUT2D eigenvalue weighted by atomic mass is 10.3. The van der Waals surface area contributed by atoms with Crippen LogP contribution < -0.4 is 0 Å². The Morgan fingerprint density at radius 1 is 1.44 bits per heavy atom. The number of rotatable bonds is 8. The molecule has 0 aliphatic rings. The lowest BCUT2D eigenvalue weighted by Gasteiger charge is -2.23. The van der Waals surface area contributed by atoms with E-state index in [2.05, 4.69) is 0 Å². The third-order valence-corrected chi connectivity index (χ3v) is 2.42. The van der Waals surface area contributed by atoms with Gasteiger partial charge in [-0.05, 0) is 13.0 Å². The maximum absolute atomic E-state index is 11.7. The van der Waals surface area contributed by atoms with Gasteiger partial charge in [0.05, 0.1) is 19.0 Å². The number of aliphatic hydroxyl groups is 1. The number of nitriles is 1. The highest BCUT2D eigenvalue weighted by atomic mass is 16.3. The van der Waals surface area contributed by atoms with E-state index in [-0.39, 0.29) is 12.5 Å². The molecule has 16 heavy (non-hydrogen) atoms. The Morgan fingerprint density at radius 3 is 2.62 bits per heavy atom. The normalized spacial score (nSPS) is 10.2. The maximum atomic E-state index is 11.7. The average Bonchev–Trinajstić information content (AvgIpc) is 2.30. The zero-order chi connectivity index (χ0) is 12.4. The fraction of sp³-hybridized carbons (Fsp3) is 0.818. The molecule has 0 atom stereocenters. The summed E-state index contributed by atoms with van der Waals surface area (Å²) < 4.78 is 0. The lowest BCUT2D eigenvalue weighted by Crippen LogP contribution is -2.39. The smallest absolute Gasteiger partial charge is 0.236 e. The van der Waals surface area contributed by atoms with Crippen LogP contribution in [0.5, 0.6) is 0 Å². The summed E-state index contributed by atoms with van der Waals surface area (Å²) in [5.74, 6) is 0.0232. The number of carbonyl (C=O) groups excluding carboxylic acids is 1. The van der Waals surface area contributed by atoms with E-state index < -0.39 is 0 Å². The van der Waals surface area contributed by atoms with Crippen molar-refractivity contribution in [1.29, 1.82) is 5.26 Å². The number of nitrogens with zero attached hydrogens (tertiary/aromatic N) is 3. The largest absolute Gasteiger partial charge is 0.396 e. The number of amides is 1. The van der Waals surface area contributed by atoms with Gasteiger partial charge in [-0.15, -0.1) is 0 Å². The van der Waals surface area contributed by atoms with Gasteiger partial charge in [0.1, 0.15) is 0 Å². The van der Waals surface area contributed by atoms with E-state index in [1.807, 2.05) is 17.9 Å². The molecule has 0 saturated carbocycles. The van der Waals surface area contributed by atoms with E-state index in [1.165, 1.54) is 0 Å². The molecule has 1 amide bonds. The molecule has 0 heterocycles. The van der Waals surface area contributed by atoms with Crippen LogP contribution in [0.25, 0.3) is 0 Å². The van der Waals surface area contributed by atoms with Crippen LogP contribution in [0.15, 0.2) is 0 Å². The number of likely N-dealkylation sites (N-methyl/N-ethyl adjacent to an activating group) is 2. The summed E-state index contributed by atoms with van der Waals surface area (Å²) in [5, 5.41) is 17.1. The Kier molecular flexibility index (Phi) is 8.49. The predicted molar refractivity (Wildman–Crippen MR) is 61.7 cm³/mol. The molecule has 0 rings (SSSR count). The van der Waals surface area contributed by atoms with Gasteiger partial charge in [0.25, 0.3) is 0 Å². The van der Waals surface area contributed by atoms with Gasteiger partial charge in [-0.3, -0.25) is 9.69 Å². The van der Waals surface area contributed by atoms with Crippen LogP contribution in [0.1, 0.15) is 19.8 Å². The van der Waals surface area contributed by atoms with Crippen LogP contribution in [0.3, 0.4) is 0 Å². The molecule has 0 aromatic carbocycles. The number of aliphatic hydroxyl groups excluding tert-OH is 1. The first-order valence-electron chi connectivity index (χ1n) is 5.59. The van der Waals surface area contributed by atoms with Gasteiger partial charge in [-0.2, -0.15) is 5.26 Å². The lowest BCUT2D eigenvalue weighted by molar-refractivity contribution is -0.131. The topological polar surface area (TPSA) is 67.6 Å². The molecule has 0 aromatic rings. The summed E-state index contributed by atoms with van der Waals surface area (Å²) in [6.45, 7) is 4.49. The van der Waals surface area contributed by atoms with Crippen molar-refractivity contribution < 1.29 is 9.90 Å². The fourth-order valence-corrected chi connectivity index (χ4v) is 1.30. The second kappa shape index (κ2) is 9.13. The first kappa shape index (κ1) is 14.9. The first-order valence-corrected chi connectivity index (χ1v) is 5.59. The Hall–Kier alpha value is -1.12. The molecule has 0 radical (unpaired) electrons. The van der Waals surface area contributed by atoms with E-state index in [9.17, 15) is 4.79 Å². The van der Waals surface area contributed by atoms with Crippen LogP contribution in [0.4, 0.5) is 0 Å². The van der Waals surface area contributed by atoms with E-state index in [0.29, 0.717) is 25.9 Å². The van der Waals surface area contributed by atoms with Crippen molar-refractivity contribution >= 4 is 5.91 Å². The number of hydrogen-bond acceptors (Lipinski definition) is 4. The van der Waals surface area contributed by atoms with Gasteiger partial charge in [-0.25, -0.2) is 0 Å². The highest BCUT2D eigenvalue weighted by Crippen LogP contribution is 1.95. The predicted octanol–water partition coefficient (Wildman–Crippen LogP) is 0.0628. The minimum absolute atomic E-state index is 0.0232. The van der Waals surface area contributed by atoms with Crippen LogP contribution in [0.2, 0.25) is 0 Å². The SMILES string of the molecule is CCN(CCCO)CC(=O)N(C)CCC#N. The van der Waals surface area contributed by atoms with Crippen molar-refractivity contribution in [2.24, 2.45) is 0 Å². The quantitative estimate of drug-likeness (QED) is 0.637. The summed E-state index contributed by atoms with van der Waals surface area (Å²) in [6, 6.07) is 2.01. The fourth-order valence-electron chi connectivity index (χ4n) is 1.30. The molecular weight excluding hydrogens is 206 g/mol. The van der Waals surface area contributed by atoms with Crippen molar-refractivity contribution in [3.05, 3.63) is 0 Å². The third kappa shape index (κ3) is 6.38. The van der Waals surface area contributed by atoms with Crippen molar-refractivity contribution in [3.8, 4) is 6.07 Å². The molecule has 0 saturated heterocycles. The van der Waals surface area contributed by atoms with E-state index >= 15 is 0 Å². The van der Waals surface area contributed by atoms with Crippen molar-refractivity contribution in [2.45, 2.75) is 19.8 Å². The van der Waals surface area contributed by atoms with Crippen molar-refractivity contribution in [1.82, 2.24) is 9.80 Å². The van der Waals surface area contributed by atoms with Crippen LogP contribution in [0, 0.1) is 11.3 Å². The Bertz CT molecular complexity index is 238. The van der Waals surface area contributed by atoms with Gasteiger partial charge >= 0.3 is 0 Å². The number of hydrogen-bond donors (Lipinski definition) is 1. The molecule has 5 nitrogen and oxygen atoms in total. The second-order valence-corrected chi connectivity index (χ2v) is 3.67. The van der Waals surface area contributed by atoms with Gasteiger partial charge in [0.2, 0.25) is 5.91 Å².